The van der Waals surface area contributed by atoms with E-state index in [-0.39, 0.29) is 29.9 Å². The van der Waals surface area contributed by atoms with Gasteiger partial charge in [0.1, 0.15) is 18.1 Å². The number of H-pyrrole nitrogens is 1. The zero-order valence-corrected chi connectivity index (χ0v) is 16.7. The number of aromatic hydroxyl groups is 1. The maximum absolute atomic E-state index is 13.3. The third-order valence-corrected chi connectivity index (χ3v) is 5.98. The molecule has 4 N–H and O–H groups in total. The summed E-state index contributed by atoms with van der Waals surface area (Å²) in [7, 11) is 0. The molecular formula is C22H19N5O5. The lowest BCUT2D eigenvalue weighted by atomic mass is 10.0. The van der Waals surface area contributed by atoms with Crippen LogP contribution in [0.4, 0.5) is 0 Å². The van der Waals surface area contributed by atoms with E-state index in [9.17, 15) is 20.1 Å². The molecule has 3 atom stereocenters. The SMILES string of the molecule is O=c1c2ncn([C@H]3C[C@H](O)[C@@H](CO)O3)c2nc2[nH]c3cc(O)c(-c4ccccc4)cc3n12. The summed E-state index contributed by atoms with van der Waals surface area (Å²) in [4.78, 5) is 25.3. The number of hydrogen-bond donors (Lipinski definition) is 4. The van der Waals surface area contributed by atoms with Gasteiger partial charge in [0, 0.05) is 18.1 Å². The van der Waals surface area contributed by atoms with Crippen LogP contribution in [0.25, 0.3) is 39.1 Å². The summed E-state index contributed by atoms with van der Waals surface area (Å²) in [5.41, 5.74) is 2.64. The van der Waals surface area contributed by atoms with E-state index in [1.165, 1.54) is 10.7 Å². The third-order valence-electron chi connectivity index (χ3n) is 5.98. The number of aromatic nitrogens is 5. The van der Waals surface area contributed by atoms with E-state index in [0.29, 0.717) is 28.0 Å². The van der Waals surface area contributed by atoms with Crippen LogP contribution in [-0.4, -0.2) is 58.1 Å². The predicted molar refractivity (Wildman–Crippen MR) is 115 cm³/mol. The van der Waals surface area contributed by atoms with Gasteiger partial charge in [-0.1, -0.05) is 30.3 Å². The fraction of sp³-hybridized carbons (Fsp3) is 0.227. The molecule has 0 spiro atoms. The van der Waals surface area contributed by atoms with Gasteiger partial charge in [0.25, 0.3) is 5.56 Å². The summed E-state index contributed by atoms with van der Waals surface area (Å²) in [6, 6.07) is 12.7. The van der Waals surface area contributed by atoms with Crippen LogP contribution in [0.15, 0.2) is 53.6 Å². The molecule has 0 radical (unpaired) electrons. The Hall–Kier alpha value is -3.73. The molecule has 4 heterocycles. The first kappa shape index (κ1) is 19.0. The summed E-state index contributed by atoms with van der Waals surface area (Å²) < 4.78 is 8.72. The van der Waals surface area contributed by atoms with E-state index in [1.807, 2.05) is 30.3 Å². The lowest BCUT2D eigenvalue weighted by molar-refractivity contribution is -0.0432. The number of fused-ring (bicyclic) bond motifs is 4. The highest BCUT2D eigenvalue weighted by atomic mass is 16.5. The molecule has 162 valence electrons. The number of aliphatic hydroxyl groups excluding tert-OH is 2. The smallest absolute Gasteiger partial charge is 0.287 e. The van der Waals surface area contributed by atoms with E-state index in [2.05, 4.69) is 15.0 Å². The molecule has 0 saturated carbocycles. The first-order valence-electron chi connectivity index (χ1n) is 10.2. The van der Waals surface area contributed by atoms with Gasteiger partial charge in [0.2, 0.25) is 5.78 Å². The summed E-state index contributed by atoms with van der Waals surface area (Å²) in [6.45, 7) is -0.306. The highest BCUT2D eigenvalue weighted by Crippen LogP contribution is 2.34. The molecular weight excluding hydrogens is 414 g/mol. The topological polar surface area (TPSA) is 138 Å². The molecule has 0 unspecified atom stereocenters. The number of nitrogens with one attached hydrogen (secondary N) is 1. The molecule has 32 heavy (non-hydrogen) atoms. The quantitative estimate of drug-likeness (QED) is 0.339. The summed E-state index contributed by atoms with van der Waals surface area (Å²) in [5.74, 6) is 0.375. The highest BCUT2D eigenvalue weighted by molar-refractivity contribution is 5.89. The van der Waals surface area contributed by atoms with E-state index in [4.69, 9.17) is 4.74 Å². The Balaban J connectivity index is 1.56. The Labute approximate surface area is 180 Å². The van der Waals surface area contributed by atoms with Crippen molar-refractivity contribution < 1.29 is 20.1 Å². The Morgan fingerprint density at radius 1 is 1.22 bits per heavy atom. The standard InChI is InChI=1S/C22H19N5O5/c28-9-17-16(30)8-18(32-17)26-10-23-19-20(26)25-22-24-13-7-15(29)12(11-4-2-1-3-5-11)6-14(13)27(22)21(19)31/h1-7,10,16-18,28-30H,8-9H2,(H,24,25)/t16-,17+,18+/m0/s1. The lowest BCUT2D eigenvalue weighted by Gasteiger charge is -2.13. The van der Waals surface area contributed by atoms with Crippen molar-refractivity contribution in [2.45, 2.75) is 24.9 Å². The number of imidazole rings is 2. The third kappa shape index (κ3) is 2.67. The Bertz CT molecular complexity index is 1540. The molecule has 0 aliphatic carbocycles. The second-order valence-corrected chi connectivity index (χ2v) is 7.89. The van der Waals surface area contributed by atoms with Gasteiger partial charge in [0.15, 0.2) is 11.2 Å². The van der Waals surface area contributed by atoms with Crippen molar-refractivity contribution >= 4 is 28.0 Å². The average Bonchev–Trinajstić information content (AvgIpc) is 3.48. The largest absolute Gasteiger partial charge is 0.507 e. The molecule has 1 aliphatic heterocycles. The van der Waals surface area contributed by atoms with E-state index < -0.39 is 18.4 Å². The maximum atomic E-state index is 13.3. The molecule has 10 heteroatoms. The van der Waals surface area contributed by atoms with Gasteiger partial charge in [-0.05, 0) is 11.6 Å². The van der Waals surface area contributed by atoms with Crippen molar-refractivity contribution in [2.24, 2.45) is 0 Å². The van der Waals surface area contributed by atoms with Crippen molar-refractivity contribution in [1.82, 2.24) is 23.9 Å². The summed E-state index contributed by atoms with van der Waals surface area (Å²) in [6.07, 6.45) is -0.410. The molecule has 10 nitrogen and oxygen atoms in total. The number of hydrogen-bond acceptors (Lipinski definition) is 7. The Morgan fingerprint density at radius 3 is 2.78 bits per heavy atom. The molecule has 0 amide bonds. The van der Waals surface area contributed by atoms with E-state index in [0.717, 1.165) is 5.56 Å². The number of nitrogens with zero attached hydrogens (tertiary/aromatic N) is 4. The predicted octanol–water partition coefficient (Wildman–Crippen LogP) is 1.54. The van der Waals surface area contributed by atoms with Crippen LogP contribution in [0.2, 0.25) is 0 Å². The van der Waals surface area contributed by atoms with Crippen LogP contribution < -0.4 is 5.56 Å². The molecule has 1 aliphatic rings. The van der Waals surface area contributed by atoms with Crippen molar-refractivity contribution in [1.29, 1.82) is 0 Å². The number of phenolic OH excluding ortho intramolecular Hbond substituents is 1. The van der Waals surface area contributed by atoms with Crippen molar-refractivity contribution in [3.8, 4) is 16.9 Å². The zero-order valence-electron chi connectivity index (χ0n) is 16.7. The number of phenols is 1. The molecule has 1 saturated heterocycles. The van der Waals surface area contributed by atoms with Crippen LogP contribution in [0.5, 0.6) is 5.75 Å². The second-order valence-electron chi connectivity index (χ2n) is 7.89. The van der Waals surface area contributed by atoms with Gasteiger partial charge in [0.05, 0.1) is 30.1 Å². The lowest BCUT2D eigenvalue weighted by Crippen LogP contribution is -2.24. The van der Waals surface area contributed by atoms with Gasteiger partial charge in [-0.15, -0.1) is 0 Å². The Morgan fingerprint density at radius 2 is 2.03 bits per heavy atom. The maximum Gasteiger partial charge on any atom is 0.287 e. The monoisotopic (exact) mass is 433 g/mol. The van der Waals surface area contributed by atoms with Gasteiger partial charge in [-0.3, -0.25) is 9.36 Å². The zero-order chi connectivity index (χ0) is 22.0. The van der Waals surface area contributed by atoms with Crippen molar-refractivity contribution in [3.05, 3.63) is 59.1 Å². The van der Waals surface area contributed by atoms with Crippen LogP contribution >= 0.6 is 0 Å². The van der Waals surface area contributed by atoms with Gasteiger partial charge in [-0.25, -0.2) is 9.38 Å². The van der Waals surface area contributed by atoms with E-state index >= 15 is 0 Å². The molecule has 2 aromatic carbocycles. The molecule has 5 aromatic rings. The van der Waals surface area contributed by atoms with Crippen LogP contribution in [0.3, 0.4) is 0 Å². The normalized spacial score (nSPS) is 21.2. The molecule has 3 aromatic heterocycles. The van der Waals surface area contributed by atoms with E-state index in [1.54, 1.807) is 16.7 Å². The second kappa shape index (κ2) is 6.89. The Kier molecular flexibility index (Phi) is 4.09. The van der Waals surface area contributed by atoms with Crippen molar-refractivity contribution in [2.75, 3.05) is 6.61 Å². The molecule has 6 rings (SSSR count). The minimum atomic E-state index is -0.820. The van der Waals surface area contributed by atoms with Gasteiger partial charge in [-0.2, -0.15) is 4.98 Å². The minimum absolute atomic E-state index is 0.0823. The number of benzene rings is 2. The highest BCUT2D eigenvalue weighted by Gasteiger charge is 2.35. The summed E-state index contributed by atoms with van der Waals surface area (Å²) in [5, 5.41) is 30.0. The molecule has 0 bridgehead atoms. The van der Waals surface area contributed by atoms with Gasteiger partial charge < -0.3 is 25.0 Å². The first-order valence-corrected chi connectivity index (χ1v) is 10.2. The number of aromatic amines is 1. The number of aliphatic hydroxyl groups is 2. The van der Waals surface area contributed by atoms with Crippen molar-refractivity contribution in [3.63, 3.8) is 0 Å². The van der Waals surface area contributed by atoms with Crippen LogP contribution in [0.1, 0.15) is 12.6 Å². The van der Waals surface area contributed by atoms with Crippen LogP contribution in [-0.2, 0) is 4.74 Å². The fourth-order valence-electron chi connectivity index (χ4n) is 4.37. The van der Waals surface area contributed by atoms with Gasteiger partial charge >= 0.3 is 0 Å². The minimum Gasteiger partial charge on any atom is -0.507 e. The first-order chi connectivity index (χ1) is 15.5. The number of rotatable bonds is 3. The fourth-order valence-corrected chi connectivity index (χ4v) is 4.37. The number of ether oxygens (including phenoxy) is 1. The van der Waals surface area contributed by atoms with Crippen LogP contribution in [0, 0.1) is 0 Å². The average molecular weight is 433 g/mol. The summed E-state index contributed by atoms with van der Waals surface area (Å²) >= 11 is 0. The molecule has 1 fully saturated rings.